The lowest BCUT2D eigenvalue weighted by Gasteiger charge is -2.26. The number of hydrogen-bond donors (Lipinski definition) is 0. The molecule has 0 fully saturated rings. The summed E-state index contributed by atoms with van der Waals surface area (Å²) >= 11 is 0. The van der Waals surface area contributed by atoms with Crippen molar-refractivity contribution in [2.24, 2.45) is 0 Å². The second-order valence-corrected chi connectivity index (χ2v) is 6.10. The Labute approximate surface area is 153 Å². The smallest absolute Gasteiger partial charge is 0.227 e. The molecule has 1 atom stereocenters. The highest BCUT2D eigenvalue weighted by atomic mass is 16.5. The largest absolute Gasteiger partial charge is 0.496 e. The SMILES string of the molecule is COc1ccccc1CC(=O)N(C)C(C)c1ccc(-n2cncn2)cc1. The minimum atomic E-state index is -0.0398. The van der Waals surface area contributed by atoms with Crippen LogP contribution < -0.4 is 4.74 Å². The summed E-state index contributed by atoms with van der Waals surface area (Å²) in [6.07, 6.45) is 3.46. The molecular weight excluding hydrogens is 328 g/mol. The van der Waals surface area contributed by atoms with E-state index >= 15 is 0 Å². The first-order valence-electron chi connectivity index (χ1n) is 8.42. The van der Waals surface area contributed by atoms with Gasteiger partial charge < -0.3 is 9.64 Å². The molecule has 0 aliphatic heterocycles. The van der Waals surface area contributed by atoms with Crippen molar-refractivity contribution in [1.29, 1.82) is 0 Å². The standard InChI is InChI=1S/C20H22N4O2/c1-15(16-8-10-18(11-9-16)24-14-21-13-22-24)23(2)20(25)12-17-6-4-5-7-19(17)26-3/h4-11,13-15H,12H2,1-3H3. The Morgan fingerprint density at radius 3 is 2.58 bits per heavy atom. The van der Waals surface area contributed by atoms with Gasteiger partial charge in [0, 0.05) is 12.6 Å². The number of likely N-dealkylation sites (N-methyl/N-ethyl adjacent to an activating group) is 1. The van der Waals surface area contributed by atoms with E-state index < -0.39 is 0 Å². The zero-order chi connectivity index (χ0) is 18.5. The number of rotatable bonds is 6. The van der Waals surface area contributed by atoms with Gasteiger partial charge in [0.25, 0.3) is 0 Å². The van der Waals surface area contributed by atoms with Crippen molar-refractivity contribution in [3.63, 3.8) is 0 Å². The molecule has 3 aromatic rings. The first kappa shape index (κ1) is 17.7. The van der Waals surface area contributed by atoms with Crippen LogP contribution in [0.2, 0.25) is 0 Å². The highest BCUT2D eigenvalue weighted by Crippen LogP contribution is 2.23. The maximum absolute atomic E-state index is 12.7. The zero-order valence-electron chi connectivity index (χ0n) is 15.2. The average molecular weight is 350 g/mol. The van der Waals surface area contributed by atoms with Crippen LogP contribution in [0.15, 0.2) is 61.2 Å². The predicted octanol–water partition coefficient (Wildman–Crippen LogP) is 3.04. The molecule has 1 heterocycles. The normalized spacial score (nSPS) is 11.8. The van der Waals surface area contributed by atoms with Crippen LogP contribution in [0.25, 0.3) is 5.69 Å². The van der Waals surface area contributed by atoms with Gasteiger partial charge in [0.15, 0.2) is 0 Å². The fraction of sp³-hybridized carbons (Fsp3) is 0.250. The lowest BCUT2D eigenvalue weighted by atomic mass is 10.1. The molecule has 0 saturated carbocycles. The minimum Gasteiger partial charge on any atom is -0.496 e. The van der Waals surface area contributed by atoms with Crippen LogP contribution in [0.5, 0.6) is 5.75 Å². The minimum absolute atomic E-state index is 0.0398. The molecule has 0 spiro atoms. The first-order chi connectivity index (χ1) is 12.6. The summed E-state index contributed by atoms with van der Waals surface area (Å²) in [7, 11) is 3.44. The van der Waals surface area contributed by atoms with E-state index in [9.17, 15) is 4.79 Å². The van der Waals surface area contributed by atoms with Crippen LogP contribution in [0.4, 0.5) is 0 Å². The molecule has 1 aromatic heterocycles. The number of para-hydroxylation sites is 1. The number of methoxy groups -OCH3 is 1. The molecule has 1 amide bonds. The highest BCUT2D eigenvalue weighted by molar-refractivity contribution is 5.79. The van der Waals surface area contributed by atoms with Crippen molar-refractivity contribution in [3.8, 4) is 11.4 Å². The number of aromatic nitrogens is 3. The van der Waals surface area contributed by atoms with Gasteiger partial charge in [0.1, 0.15) is 18.4 Å². The summed E-state index contributed by atoms with van der Waals surface area (Å²) in [4.78, 5) is 18.4. The maximum atomic E-state index is 12.7. The molecule has 0 aliphatic rings. The molecular formula is C20H22N4O2. The highest BCUT2D eigenvalue weighted by Gasteiger charge is 2.19. The van der Waals surface area contributed by atoms with Crippen LogP contribution in [-0.2, 0) is 11.2 Å². The molecule has 1 unspecified atom stereocenters. The molecule has 0 radical (unpaired) electrons. The Bertz CT molecular complexity index is 860. The molecule has 0 saturated heterocycles. The lowest BCUT2D eigenvalue weighted by Crippen LogP contribution is -2.31. The van der Waals surface area contributed by atoms with Crippen molar-refractivity contribution >= 4 is 5.91 Å². The van der Waals surface area contributed by atoms with Crippen LogP contribution >= 0.6 is 0 Å². The summed E-state index contributed by atoms with van der Waals surface area (Å²) in [5.41, 5.74) is 2.88. The molecule has 3 rings (SSSR count). The molecule has 26 heavy (non-hydrogen) atoms. The number of carbonyl (C=O) groups is 1. The van der Waals surface area contributed by atoms with Gasteiger partial charge in [0.2, 0.25) is 5.91 Å². The molecule has 134 valence electrons. The van der Waals surface area contributed by atoms with Gasteiger partial charge in [0.05, 0.1) is 25.3 Å². The number of nitrogens with zero attached hydrogens (tertiary/aromatic N) is 4. The van der Waals surface area contributed by atoms with Crippen molar-refractivity contribution in [2.75, 3.05) is 14.2 Å². The second kappa shape index (κ2) is 7.82. The number of carbonyl (C=O) groups excluding carboxylic acids is 1. The van der Waals surface area contributed by atoms with E-state index in [1.54, 1.807) is 23.0 Å². The first-order valence-corrected chi connectivity index (χ1v) is 8.42. The third-order valence-corrected chi connectivity index (χ3v) is 4.57. The van der Waals surface area contributed by atoms with E-state index in [-0.39, 0.29) is 11.9 Å². The van der Waals surface area contributed by atoms with E-state index in [2.05, 4.69) is 10.1 Å². The fourth-order valence-electron chi connectivity index (χ4n) is 2.82. The van der Waals surface area contributed by atoms with E-state index in [1.807, 2.05) is 62.5 Å². The number of amides is 1. The van der Waals surface area contributed by atoms with Gasteiger partial charge in [-0.1, -0.05) is 30.3 Å². The van der Waals surface area contributed by atoms with Gasteiger partial charge in [-0.05, 0) is 30.7 Å². The second-order valence-electron chi connectivity index (χ2n) is 6.10. The summed E-state index contributed by atoms with van der Waals surface area (Å²) in [5.74, 6) is 0.779. The predicted molar refractivity (Wildman–Crippen MR) is 99.2 cm³/mol. The quantitative estimate of drug-likeness (QED) is 0.686. The van der Waals surface area contributed by atoms with Crippen LogP contribution in [0.1, 0.15) is 24.1 Å². The third-order valence-electron chi connectivity index (χ3n) is 4.57. The Kier molecular flexibility index (Phi) is 5.31. The monoisotopic (exact) mass is 350 g/mol. The van der Waals surface area contributed by atoms with Crippen molar-refractivity contribution in [1.82, 2.24) is 19.7 Å². The molecule has 6 nitrogen and oxygen atoms in total. The van der Waals surface area contributed by atoms with Gasteiger partial charge >= 0.3 is 0 Å². The van der Waals surface area contributed by atoms with E-state index in [0.29, 0.717) is 6.42 Å². The summed E-state index contributed by atoms with van der Waals surface area (Å²) in [6, 6.07) is 15.5. The Morgan fingerprint density at radius 2 is 1.92 bits per heavy atom. The molecule has 0 bridgehead atoms. The van der Waals surface area contributed by atoms with Gasteiger partial charge in [-0.2, -0.15) is 5.10 Å². The summed E-state index contributed by atoms with van der Waals surface area (Å²) < 4.78 is 7.03. The summed E-state index contributed by atoms with van der Waals surface area (Å²) in [5, 5.41) is 4.12. The van der Waals surface area contributed by atoms with Crippen molar-refractivity contribution < 1.29 is 9.53 Å². The number of ether oxygens (including phenoxy) is 1. The summed E-state index contributed by atoms with van der Waals surface area (Å²) in [6.45, 7) is 2.02. The molecule has 0 aliphatic carbocycles. The van der Waals surface area contributed by atoms with Crippen LogP contribution in [0, 0.1) is 0 Å². The van der Waals surface area contributed by atoms with E-state index in [0.717, 1.165) is 22.6 Å². The maximum Gasteiger partial charge on any atom is 0.227 e. The topological polar surface area (TPSA) is 60.2 Å². The Balaban J connectivity index is 1.70. The molecule has 0 N–H and O–H groups in total. The zero-order valence-corrected chi connectivity index (χ0v) is 15.2. The van der Waals surface area contributed by atoms with Crippen LogP contribution in [-0.4, -0.2) is 39.7 Å². The van der Waals surface area contributed by atoms with E-state index in [4.69, 9.17) is 4.74 Å². The average Bonchev–Trinajstić information content (AvgIpc) is 3.22. The van der Waals surface area contributed by atoms with Crippen LogP contribution in [0.3, 0.4) is 0 Å². The molecule has 6 heteroatoms. The van der Waals surface area contributed by atoms with Crippen molar-refractivity contribution in [3.05, 3.63) is 72.3 Å². The number of benzene rings is 2. The van der Waals surface area contributed by atoms with Crippen molar-refractivity contribution in [2.45, 2.75) is 19.4 Å². The third kappa shape index (κ3) is 3.74. The van der Waals surface area contributed by atoms with Gasteiger partial charge in [-0.3, -0.25) is 4.79 Å². The Hall–Kier alpha value is -3.15. The Morgan fingerprint density at radius 1 is 1.19 bits per heavy atom. The fourth-order valence-corrected chi connectivity index (χ4v) is 2.82. The van der Waals surface area contributed by atoms with Gasteiger partial charge in [-0.25, -0.2) is 9.67 Å². The lowest BCUT2D eigenvalue weighted by molar-refractivity contribution is -0.131. The van der Waals surface area contributed by atoms with E-state index in [1.165, 1.54) is 6.33 Å². The number of hydrogen-bond acceptors (Lipinski definition) is 4. The molecule has 2 aromatic carbocycles. The van der Waals surface area contributed by atoms with Gasteiger partial charge in [-0.15, -0.1) is 0 Å².